The third-order valence-electron chi connectivity index (χ3n) is 4.82. The number of nitrogens with one attached hydrogen (secondary N) is 2. The maximum atomic E-state index is 11.1. The topological polar surface area (TPSA) is 98.3 Å². The van der Waals surface area contributed by atoms with Crippen molar-refractivity contribution < 1.29 is 14.3 Å². The highest BCUT2D eigenvalue weighted by Crippen LogP contribution is 2.29. The van der Waals surface area contributed by atoms with Crippen molar-refractivity contribution in [3.05, 3.63) is 84.5 Å². The van der Waals surface area contributed by atoms with Crippen LogP contribution in [0.2, 0.25) is 0 Å². The number of rotatable bonds is 7. The number of fused-ring (bicyclic) bond motifs is 1. The summed E-state index contributed by atoms with van der Waals surface area (Å²) in [5, 5.41) is 6.87. The van der Waals surface area contributed by atoms with Crippen molar-refractivity contribution in [2.75, 3.05) is 19.0 Å². The van der Waals surface area contributed by atoms with Gasteiger partial charge in [0.05, 0.1) is 18.8 Å². The van der Waals surface area contributed by atoms with Gasteiger partial charge >= 0.3 is 6.09 Å². The second kappa shape index (κ2) is 10.2. The number of ether oxygens (including phenoxy) is 2. The van der Waals surface area contributed by atoms with Crippen molar-refractivity contribution in [2.24, 2.45) is 0 Å². The number of amides is 1. The summed E-state index contributed by atoms with van der Waals surface area (Å²) in [6.45, 7) is 2.36. The van der Waals surface area contributed by atoms with Gasteiger partial charge in [-0.15, -0.1) is 0 Å². The van der Waals surface area contributed by atoms with Gasteiger partial charge in [-0.25, -0.2) is 14.8 Å². The number of carbonyl (C=O) groups excluding carboxylic acids is 1. The summed E-state index contributed by atoms with van der Waals surface area (Å²) in [6, 6.07) is 15.4. The standard InChI is InChI=1S/C25H23N5O3/c1-17-13-19(8-10-23(17)33-20-6-4-11-26-15-20)30-24-21-14-18(5-3-12-27-25(31)32-2)7-9-22(21)28-16-29-24/h3-11,13-16H,12H2,1-2H3,(H,27,31)(H,28,29,30)/b5-3+. The van der Waals surface area contributed by atoms with Gasteiger partial charge in [0.2, 0.25) is 0 Å². The molecular formula is C25H23N5O3. The van der Waals surface area contributed by atoms with Crippen molar-refractivity contribution >= 4 is 34.6 Å². The molecule has 0 aliphatic carbocycles. The largest absolute Gasteiger partial charge is 0.455 e. The quantitative estimate of drug-likeness (QED) is 0.405. The zero-order chi connectivity index (χ0) is 23.0. The minimum atomic E-state index is -0.467. The van der Waals surface area contributed by atoms with Gasteiger partial charge in [0.15, 0.2) is 0 Å². The Morgan fingerprint density at radius 1 is 1.12 bits per heavy atom. The predicted molar refractivity (Wildman–Crippen MR) is 128 cm³/mol. The first-order valence-corrected chi connectivity index (χ1v) is 10.3. The van der Waals surface area contributed by atoms with Crippen molar-refractivity contribution in [1.29, 1.82) is 0 Å². The molecule has 2 N–H and O–H groups in total. The summed E-state index contributed by atoms with van der Waals surface area (Å²) < 4.78 is 10.5. The van der Waals surface area contributed by atoms with Gasteiger partial charge in [0.1, 0.15) is 23.6 Å². The molecule has 2 heterocycles. The van der Waals surface area contributed by atoms with Gasteiger partial charge in [0, 0.05) is 23.8 Å². The molecule has 166 valence electrons. The van der Waals surface area contributed by atoms with Crippen molar-refractivity contribution in [1.82, 2.24) is 20.3 Å². The molecule has 2 aromatic heterocycles. The molecule has 0 saturated heterocycles. The van der Waals surface area contributed by atoms with Crippen LogP contribution >= 0.6 is 0 Å². The first-order chi connectivity index (χ1) is 16.1. The van der Waals surface area contributed by atoms with E-state index in [4.69, 9.17) is 4.74 Å². The lowest BCUT2D eigenvalue weighted by Gasteiger charge is -2.12. The number of anilines is 2. The van der Waals surface area contributed by atoms with Crippen LogP contribution in [-0.2, 0) is 4.74 Å². The predicted octanol–water partition coefficient (Wildman–Crippen LogP) is 5.24. The Balaban J connectivity index is 1.52. The van der Waals surface area contributed by atoms with Crippen molar-refractivity contribution in [2.45, 2.75) is 6.92 Å². The van der Waals surface area contributed by atoms with E-state index in [-0.39, 0.29) is 0 Å². The number of benzene rings is 2. The van der Waals surface area contributed by atoms with Gasteiger partial charge in [0.25, 0.3) is 0 Å². The normalized spacial score (nSPS) is 10.8. The molecule has 0 fully saturated rings. The molecule has 8 heteroatoms. The first kappa shape index (κ1) is 21.8. The maximum Gasteiger partial charge on any atom is 0.407 e. The maximum absolute atomic E-state index is 11.1. The molecule has 1 amide bonds. The van der Waals surface area contributed by atoms with Crippen LogP contribution in [0.1, 0.15) is 11.1 Å². The highest BCUT2D eigenvalue weighted by atomic mass is 16.5. The van der Waals surface area contributed by atoms with Crippen LogP contribution in [0.25, 0.3) is 17.0 Å². The van der Waals surface area contributed by atoms with Gasteiger partial charge in [-0.2, -0.15) is 0 Å². The van der Waals surface area contributed by atoms with E-state index in [2.05, 4.69) is 30.3 Å². The number of alkyl carbamates (subject to hydrolysis) is 1. The number of pyridine rings is 1. The molecular weight excluding hydrogens is 418 g/mol. The van der Waals surface area contributed by atoms with Crippen LogP contribution in [-0.4, -0.2) is 34.7 Å². The molecule has 8 nitrogen and oxygen atoms in total. The number of hydrogen-bond donors (Lipinski definition) is 2. The fourth-order valence-corrected chi connectivity index (χ4v) is 3.20. The highest BCUT2D eigenvalue weighted by molar-refractivity contribution is 5.92. The minimum absolute atomic E-state index is 0.369. The van der Waals surface area contributed by atoms with E-state index < -0.39 is 6.09 Å². The molecule has 0 radical (unpaired) electrons. The number of aromatic nitrogens is 3. The van der Waals surface area contributed by atoms with Crippen LogP contribution in [0.5, 0.6) is 11.5 Å². The number of nitrogens with zero attached hydrogens (tertiary/aromatic N) is 3. The Labute approximate surface area is 191 Å². The molecule has 4 aromatic rings. The van der Waals surface area contributed by atoms with E-state index >= 15 is 0 Å². The fraction of sp³-hybridized carbons (Fsp3) is 0.120. The van der Waals surface area contributed by atoms with Gasteiger partial charge in [-0.3, -0.25) is 4.98 Å². The molecule has 0 unspecified atom stereocenters. The summed E-state index contributed by atoms with van der Waals surface area (Å²) in [7, 11) is 1.33. The molecule has 0 saturated carbocycles. The Hall–Kier alpha value is -4.46. The summed E-state index contributed by atoms with van der Waals surface area (Å²) in [5.41, 5.74) is 3.65. The third-order valence-corrected chi connectivity index (χ3v) is 4.82. The first-order valence-electron chi connectivity index (χ1n) is 10.3. The minimum Gasteiger partial charge on any atom is -0.455 e. The lowest BCUT2D eigenvalue weighted by Crippen LogP contribution is -2.22. The number of hydrogen-bond acceptors (Lipinski definition) is 7. The Bertz CT molecular complexity index is 1290. The van der Waals surface area contributed by atoms with E-state index in [1.165, 1.54) is 13.4 Å². The smallest absolute Gasteiger partial charge is 0.407 e. The molecule has 0 bridgehead atoms. The number of methoxy groups -OCH3 is 1. The third kappa shape index (κ3) is 5.62. The van der Waals surface area contributed by atoms with Crippen LogP contribution in [0, 0.1) is 6.92 Å². The lowest BCUT2D eigenvalue weighted by molar-refractivity contribution is 0.172. The van der Waals surface area contributed by atoms with Gasteiger partial charge in [-0.05, 0) is 60.5 Å². The van der Waals surface area contributed by atoms with E-state index in [1.807, 2.05) is 67.6 Å². The van der Waals surface area contributed by atoms with E-state index in [1.54, 1.807) is 12.4 Å². The van der Waals surface area contributed by atoms with E-state index in [0.29, 0.717) is 18.1 Å². The average molecular weight is 441 g/mol. The molecule has 0 spiro atoms. The molecule has 0 atom stereocenters. The Morgan fingerprint density at radius 2 is 2.03 bits per heavy atom. The summed E-state index contributed by atoms with van der Waals surface area (Å²) in [5.74, 6) is 2.14. The second-order valence-electron chi connectivity index (χ2n) is 7.17. The second-order valence-corrected chi connectivity index (χ2v) is 7.17. The fourth-order valence-electron chi connectivity index (χ4n) is 3.20. The van der Waals surface area contributed by atoms with Crippen molar-refractivity contribution in [3.63, 3.8) is 0 Å². The average Bonchev–Trinajstić information content (AvgIpc) is 2.84. The number of aryl methyl sites for hydroxylation is 1. The number of carbonyl (C=O) groups is 1. The summed E-state index contributed by atoms with van der Waals surface area (Å²) in [6.07, 6.45) is 8.22. The monoisotopic (exact) mass is 441 g/mol. The van der Waals surface area contributed by atoms with Crippen LogP contribution in [0.15, 0.2) is 73.3 Å². The zero-order valence-electron chi connectivity index (χ0n) is 18.3. The van der Waals surface area contributed by atoms with Crippen LogP contribution in [0.3, 0.4) is 0 Å². The summed E-state index contributed by atoms with van der Waals surface area (Å²) >= 11 is 0. The molecule has 0 aliphatic heterocycles. The molecule has 33 heavy (non-hydrogen) atoms. The molecule has 4 rings (SSSR count). The summed E-state index contributed by atoms with van der Waals surface area (Å²) in [4.78, 5) is 24.0. The highest BCUT2D eigenvalue weighted by Gasteiger charge is 2.08. The lowest BCUT2D eigenvalue weighted by atomic mass is 10.1. The molecule has 0 aliphatic rings. The van der Waals surface area contributed by atoms with Crippen LogP contribution < -0.4 is 15.4 Å². The van der Waals surface area contributed by atoms with Gasteiger partial charge in [-0.1, -0.05) is 18.2 Å². The van der Waals surface area contributed by atoms with Gasteiger partial charge < -0.3 is 20.1 Å². The Morgan fingerprint density at radius 3 is 2.82 bits per heavy atom. The Kier molecular flexibility index (Phi) is 6.75. The van der Waals surface area contributed by atoms with Crippen LogP contribution in [0.4, 0.5) is 16.3 Å². The van der Waals surface area contributed by atoms with E-state index in [9.17, 15) is 4.79 Å². The van der Waals surface area contributed by atoms with E-state index in [0.717, 1.165) is 33.5 Å². The van der Waals surface area contributed by atoms with Crippen molar-refractivity contribution in [3.8, 4) is 11.5 Å². The zero-order valence-corrected chi connectivity index (χ0v) is 18.3. The SMILES string of the molecule is COC(=O)NC/C=C/c1ccc2ncnc(Nc3ccc(Oc4cccnc4)c(C)c3)c2c1. The molecule has 2 aromatic carbocycles.